The molecule has 0 aromatic heterocycles. The van der Waals surface area contributed by atoms with Crippen LogP contribution in [0.2, 0.25) is 0 Å². The number of hydrogen-bond acceptors (Lipinski definition) is 4. The third-order valence-electron chi connectivity index (χ3n) is 3.73. The van der Waals surface area contributed by atoms with Gasteiger partial charge in [-0.3, -0.25) is 0 Å². The lowest BCUT2D eigenvalue weighted by Crippen LogP contribution is -2.10. The average Bonchev–Trinajstić information content (AvgIpc) is 2.77. The lowest BCUT2D eigenvalue weighted by atomic mass is 10.1. The van der Waals surface area contributed by atoms with E-state index in [-0.39, 0.29) is 11.5 Å². The second kappa shape index (κ2) is 5.59. The third kappa shape index (κ3) is 2.53. The molecule has 3 rings (SSSR count). The number of ether oxygens (including phenoxy) is 1. The maximum absolute atomic E-state index is 12.6. The summed E-state index contributed by atoms with van der Waals surface area (Å²) in [6.45, 7) is 2.27. The van der Waals surface area contributed by atoms with Crippen molar-refractivity contribution in [3.8, 4) is 5.75 Å². The largest absolute Gasteiger partial charge is 0.488 e. The van der Waals surface area contributed by atoms with Gasteiger partial charge in [0.05, 0.1) is 9.80 Å². The van der Waals surface area contributed by atoms with Crippen molar-refractivity contribution in [1.82, 2.24) is 0 Å². The average molecular weight is 315 g/mol. The topological polar surface area (TPSA) is 69.4 Å². The Morgan fingerprint density at radius 2 is 1.91 bits per heavy atom. The molecule has 0 aliphatic carbocycles. The summed E-state index contributed by atoms with van der Waals surface area (Å²) in [4.78, 5) is 0.596. The summed E-state index contributed by atoms with van der Waals surface area (Å²) in [5, 5.41) is 0. The van der Waals surface area contributed by atoms with Gasteiger partial charge in [0.25, 0.3) is 0 Å². The number of para-hydroxylation sites is 1. The van der Waals surface area contributed by atoms with Crippen LogP contribution in [-0.2, 0) is 16.4 Å². The molecule has 0 amide bonds. The second-order valence-electron chi connectivity index (χ2n) is 5.24. The van der Waals surface area contributed by atoms with Gasteiger partial charge in [0, 0.05) is 6.54 Å². The van der Waals surface area contributed by atoms with Crippen LogP contribution in [0.4, 0.5) is 0 Å². The first kappa shape index (κ1) is 14.8. The predicted octanol–water partition coefficient (Wildman–Crippen LogP) is 2.66. The second-order valence-corrected chi connectivity index (χ2v) is 7.22. The number of rotatable bonds is 4. The van der Waals surface area contributed by atoms with Crippen LogP contribution in [0.5, 0.6) is 5.75 Å². The van der Waals surface area contributed by atoms with Crippen molar-refractivity contribution in [1.29, 1.82) is 0 Å². The van der Waals surface area contributed by atoms with E-state index >= 15 is 0 Å². The SMILES string of the molecule is Cc1ccccc1OCC1=Cc2ccc(CN)cc2S1(=O)=O. The molecule has 1 aliphatic rings. The van der Waals surface area contributed by atoms with E-state index in [4.69, 9.17) is 10.5 Å². The summed E-state index contributed by atoms with van der Waals surface area (Å²) < 4.78 is 30.8. The van der Waals surface area contributed by atoms with Crippen molar-refractivity contribution in [3.63, 3.8) is 0 Å². The van der Waals surface area contributed by atoms with Crippen molar-refractivity contribution in [2.75, 3.05) is 6.61 Å². The molecule has 2 N–H and O–H groups in total. The van der Waals surface area contributed by atoms with Crippen LogP contribution in [-0.4, -0.2) is 15.0 Å². The van der Waals surface area contributed by atoms with Crippen molar-refractivity contribution in [2.24, 2.45) is 5.73 Å². The Hall–Kier alpha value is -2.11. The fraction of sp³-hybridized carbons (Fsp3) is 0.176. The van der Waals surface area contributed by atoms with Crippen LogP contribution in [0.15, 0.2) is 52.3 Å². The lowest BCUT2D eigenvalue weighted by Gasteiger charge is -2.09. The lowest BCUT2D eigenvalue weighted by molar-refractivity contribution is 0.356. The zero-order valence-electron chi connectivity index (χ0n) is 12.2. The zero-order chi connectivity index (χ0) is 15.7. The zero-order valence-corrected chi connectivity index (χ0v) is 13.1. The van der Waals surface area contributed by atoms with Gasteiger partial charge < -0.3 is 10.5 Å². The molecule has 0 saturated heterocycles. The van der Waals surface area contributed by atoms with Crippen molar-refractivity contribution < 1.29 is 13.2 Å². The number of sulfone groups is 1. The third-order valence-corrected chi connectivity index (χ3v) is 5.59. The van der Waals surface area contributed by atoms with Gasteiger partial charge >= 0.3 is 0 Å². The minimum absolute atomic E-state index is 0.0276. The van der Waals surface area contributed by atoms with E-state index in [1.54, 1.807) is 18.2 Å². The number of hydrogen-bond donors (Lipinski definition) is 1. The minimum Gasteiger partial charge on any atom is -0.488 e. The van der Waals surface area contributed by atoms with Gasteiger partial charge in [0.15, 0.2) is 0 Å². The van der Waals surface area contributed by atoms with Gasteiger partial charge in [-0.1, -0.05) is 30.3 Å². The normalized spacial score (nSPS) is 15.3. The van der Waals surface area contributed by atoms with E-state index in [1.807, 2.05) is 37.3 Å². The molecule has 0 atom stereocenters. The quantitative estimate of drug-likeness (QED) is 0.941. The summed E-state index contributed by atoms with van der Waals surface area (Å²) in [5.74, 6) is 0.692. The van der Waals surface area contributed by atoms with Crippen LogP contribution in [0.25, 0.3) is 6.08 Å². The summed E-state index contributed by atoms with van der Waals surface area (Å²) in [6, 6.07) is 12.8. The summed E-state index contributed by atoms with van der Waals surface area (Å²) >= 11 is 0. The fourth-order valence-corrected chi connectivity index (χ4v) is 3.96. The van der Waals surface area contributed by atoms with Crippen molar-refractivity contribution in [3.05, 3.63) is 64.1 Å². The first-order valence-electron chi connectivity index (χ1n) is 6.99. The molecule has 22 heavy (non-hydrogen) atoms. The molecular weight excluding hydrogens is 298 g/mol. The first-order chi connectivity index (χ1) is 10.5. The summed E-state index contributed by atoms with van der Waals surface area (Å²) in [6.07, 6.45) is 1.67. The maximum Gasteiger partial charge on any atom is 0.206 e. The maximum atomic E-state index is 12.6. The Morgan fingerprint density at radius 1 is 1.14 bits per heavy atom. The van der Waals surface area contributed by atoms with Gasteiger partial charge in [0.2, 0.25) is 9.84 Å². The Labute approximate surface area is 130 Å². The van der Waals surface area contributed by atoms with Crippen LogP contribution in [0, 0.1) is 6.92 Å². The van der Waals surface area contributed by atoms with Crippen LogP contribution < -0.4 is 10.5 Å². The smallest absolute Gasteiger partial charge is 0.206 e. The molecule has 0 spiro atoms. The molecule has 5 heteroatoms. The number of aryl methyl sites for hydroxylation is 1. The van der Waals surface area contributed by atoms with Gasteiger partial charge in [0.1, 0.15) is 12.4 Å². The van der Waals surface area contributed by atoms with Crippen LogP contribution in [0.1, 0.15) is 16.7 Å². The molecule has 0 radical (unpaired) electrons. The van der Waals surface area contributed by atoms with Crippen LogP contribution in [0.3, 0.4) is 0 Å². The minimum atomic E-state index is -3.48. The van der Waals surface area contributed by atoms with E-state index in [9.17, 15) is 8.42 Å². The number of nitrogens with two attached hydrogens (primary N) is 1. The monoisotopic (exact) mass is 315 g/mol. The van der Waals surface area contributed by atoms with E-state index in [1.165, 1.54) is 0 Å². The molecule has 4 nitrogen and oxygen atoms in total. The highest BCUT2D eigenvalue weighted by Gasteiger charge is 2.30. The Bertz CT molecular complexity index is 854. The van der Waals surface area contributed by atoms with Gasteiger partial charge in [-0.2, -0.15) is 0 Å². The molecule has 1 aliphatic heterocycles. The molecule has 2 aromatic rings. The molecule has 0 unspecified atom stereocenters. The summed E-state index contributed by atoms with van der Waals surface area (Å²) in [7, 11) is -3.48. The Morgan fingerprint density at radius 3 is 2.64 bits per heavy atom. The molecule has 0 fully saturated rings. The Kier molecular flexibility index (Phi) is 3.76. The number of fused-ring (bicyclic) bond motifs is 1. The van der Waals surface area contributed by atoms with E-state index in [0.29, 0.717) is 22.8 Å². The van der Waals surface area contributed by atoms with E-state index in [0.717, 1.165) is 11.1 Å². The number of benzene rings is 2. The molecular formula is C17H17NO3S. The molecule has 2 aromatic carbocycles. The van der Waals surface area contributed by atoms with Crippen LogP contribution >= 0.6 is 0 Å². The fourth-order valence-electron chi connectivity index (χ4n) is 2.44. The molecule has 114 valence electrons. The summed E-state index contributed by atoms with van der Waals surface area (Å²) in [5.41, 5.74) is 8.05. The van der Waals surface area contributed by atoms with E-state index < -0.39 is 9.84 Å². The Balaban J connectivity index is 1.86. The highest BCUT2D eigenvalue weighted by atomic mass is 32.2. The van der Waals surface area contributed by atoms with Gasteiger partial charge in [-0.05, 0) is 41.8 Å². The predicted molar refractivity (Wildman–Crippen MR) is 86.2 cm³/mol. The van der Waals surface area contributed by atoms with E-state index in [2.05, 4.69) is 0 Å². The van der Waals surface area contributed by atoms with Crippen molar-refractivity contribution >= 4 is 15.9 Å². The molecule has 0 saturated carbocycles. The van der Waals surface area contributed by atoms with Gasteiger partial charge in [-0.15, -0.1) is 0 Å². The van der Waals surface area contributed by atoms with Gasteiger partial charge in [-0.25, -0.2) is 8.42 Å². The molecule has 1 heterocycles. The molecule has 0 bridgehead atoms. The first-order valence-corrected chi connectivity index (χ1v) is 8.48. The highest BCUT2D eigenvalue weighted by Crippen LogP contribution is 2.34. The van der Waals surface area contributed by atoms with Crippen molar-refractivity contribution in [2.45, 2.75) is 18.4 Å². The standard InChI is InChI=1S/C17H17NO3S/c1-12-4-2-3-5-16(12)21-11-15-9-14-7-6-13(10-18)8-17(14)22(15,19)20/h2-9H,10-11,18H2,1H3. The highest BCUT2D eigenvalue weighted by molar-refractivity contribution is 7.95.